The summed E-state index contributed by atoms with van der Waals surface area (Å²) >= 11 is 0. The van der Waals surface area contributed by atoms with Crippen LogP contribution in [-0.4, -0.2) is 50.3 Å². The second kappa shape index (κ2) is 5.80. The molecule has 2 fully saturated rings. The van der Waals surface area contributed by atoms with Crippen LogP contribution in [0.3, 0.4) is 0 Å². The van der Waals surface area contributed by atoms with Gasteiger partial charge in [0.15, 0.2) is 0 Å². The van der Waals surface area contributed by atoms with Gasteiger partial charge in [-0.25, -0.2) is 5.01 Å². The summed E-state index contributed by atoms with van der Waals surface area (Å²) in [5, 5.41) is 5.31. The zero-order chi connectivity index (χ0) is 12.1. The van der Waals surface area contributed by atoms with Crippen molar-refractivity contribution in [2.75, 3.05) is 39.4 Å². The van der Waals surface area contributed by atoms with E-state index >= 15 is 0 Å². The summed E-state index contributed by atoms with van der Waals surface area (Å²) in [5.74, 6) is 0.198. The van der Waals surface area contributed by atoms with Crippen LogP contribution in [0.5, 0.6) is 0 Å². The highest BCUT2D eigenvalue weighted by Crippen LogP contribution is 2.32. The third kappa shape index (κ3) is 2.97. The molecule has 0 aliphatic carbocycles. The minimum absolute atomic E-state index is 0.163. The fourth-order valence-corrected chi connectivity index (χ4v) is 2.58. The molecule has 0 aromatic rings. The van der Waals surface area contributed by atoms with Crippen LogP contribution in [-0.2, 0) is 9.53 Å². The molecule has 0 bridgehead atoms. The van der Waals surface area contributed by atoms with E-state index in [2.05, 4.69) is 17.7 Å². The number of nitrogens with zero attached hydrogens (tertiary/aromatic N) is 1. The molecule has 1 amide bonds. The molecule has 5 nitrogen and oxygen atoms in total. The molecule has 2 N–H and O–H groups in total. The molecule has 2 saturated heterocycles. The molecule has 2 rings (SSSR count). The number of piperidine rings is 1. The quantitative estimate of drug-likeness (QED) is 0.737. The molecule has 2 aliphatic heterocycles. The van der Waals surface area contributed by atoms with Crippen LogP contribution in [0.1, 0.15) is 26.2 Å². The normalized spacial score (nSPS) is 25.5. The number of ether oxygens (including phenoxy) is 1. The zero-order valence-electron chi connectivity index (χ0n) is 10.6. The fraction of sp³-hybridized carbons (Fsp3) is 0.917. The van der Waals surface area contributed by atoms with E-state index in [4.69, 9.17) is 4.74 Å². The number of hydrogen-bond acceptors (Lipinski definition) is 4. The summed E-state index contributed by atoms with van der Waals surface area (Å²) in [6.45, 7) is 7.02. The molecule has 98 valence electrons. The molecular formula is C12H23N3O2. The molecule has 0 aromatic carbocycles. The highest BCUT2D eigenvalue weighted by molar-refractivity contribution is 5.82. The number of hydrazine groups is 1. The lowest BCUT2D eigenvalue weighted by Crippen LogP contribution is -2.55. The molecular weight excluding hydrogens is 218 g/mol. The Morgan fingerprint density at radius 2 is 2.00 bits per heavy atom. The van der Waals surface area contributed by atoms with Crippen LogP contribution in [0.2, 0.25) is 0 Å². The molecule has 0 saturated carbocycles. The monoisotopic (exact) mass is 241 g/mol. The van der Waals surface area contributed by atoms with Gasteiger partial charge in [-0.05, 0) is 32.4 Å². The van der Waals surface area contributed by atoms with Gasteiger partial charge in [0.2, 0.25) is 5.91 Å². The van der Waals surface area contributed by atoms with Gasteiger partial charge in [0.05, 0.1) is 18.6 Å². The Balaban J connectivity index is 1.91. The zero-order valence-corrected chi connectivity index (χ0v) is 10.6. The van der Waals surface area contributed by atoms with Gasteiger partial charge in [-0.15, -0.1) is 0 Å². The molecule has 0 atom stereocenters. The molecule has 2 heterocycles. The molecule has 0 radical (unpaired) electrons. The van der Waals surface area contributed by atoms with Crippen molar-refractivity contribution in [3.63, 3.8) is 0 Å². The maximum Gasteiger partial charge on any atom is 0.240 e. The van der Waals surface area contributed by atoms with Crippen LogP contribution < -0.4 is 10.7 Å². The Morgan fingerprint density at radius 1 is 1.35 bits per heavy atom. The first-order chi connectivity index (χ1) is 8.27. The smallest absolute Gasteiger partial charge is 0.240 e. The lowest BCUT2D eigenvalue weighted by atomic mass is 9.76. The van der Waals surface area contributed by atoms with Gasteiger partial charge in [0.25, 0.3) is 0 Å². The van der Waals surface area contributed by atoms with E-state index in [1.807, 2.05) is 5.01 Å². The Kier molecular flexibility index (Phi) is 4.36. The van der Waals surface area contributed by atoms with Crippen LogP contribution in [0.4, 0.5) is 0 Å². The Hall–Kier alpha value is -0.650. The van der Waals surface area contributed by atoms with Crippen molar-refractivity contribution in [2.45, 2.75) is 26.2 Å². The fourth-order valence-electron chi connectivity index (χ4n) is 2.58. The Bertz CT molecular complexity index is 258. The first kappa shape index (κ1) is 12.8. The highest BCUT2D eigenvalue weighted by atomic mass is 16.5. The van der Waals surface area contributed by atoms with Crippen molar-refractivity contribution in [3.8, 4) is 0 Å². The van der Waals surface area contributed by atoms with Crippen LogP contribution in [0.25, 0.3) is 0 Å². The topological polar surface area (TPSA) is 53.6 Å². The van der Waals surface area contributed by atoms with Crippen molar-refractivity contribution in [1.29, 1.82) is 0 Å². The second-order valence-corrected chi connectivity index (χ2v) is 4.92. The first-order valence-corrected chi connectivity index (χ1v) is 6.61. The van der Waals surface area contributed by atoms with Crippen LogP contribution >= 0.6 is 0 Å². The summed E-state index contributed by atoms with van der Waals surface area (Å²) in [6, 6.07) is 0. The average molecular weight is 241 g/mol. The number of morpholine rings is 1. The molecule has 0 unspecified atom stereocenters. The molecule has 0 spiro atoms. The molecule has 2 aliphatic rings. The van der Waals surface area contributed by atoms with Crippen molar-refractivity contribution in [2.24, 2.45) is 5.41 Å². The van der Waals surface area contributed by atoms with E-state index in [0.717, 1.165) is 45.4 Å². The highest BCUT2D eigenvalue weighted by Gasteiger charge is 2.38. The maximum atomic E-state index is 12.4. The third-order valence-corrected chi connectivity index (χ3v) is 3.99. The number of nitrogens with one attached hydrogen (secondary N) is 2. The standard InChI is InChI=1S/C12H23N3O2/c1-2-12(3-5-13-6-4-12)11(16)14-15-7-9-17-10-8-15/h13H,2-10H2,1H3,(H,14,16). The molecule has 5 heteroatoms. The number of hydrogen-bond donors (Lipinski definition) is 2. The Labute approximate surface area is 103 Å². The van der Waals surface area contributed by atoms with Crippen molar-refractivity contribution >= 4 is 5.91 Å². The number of carbonyl (C=O) groups is 1. The van der Waals surface area contributed by atoms with Gasteiger partial charge in [-0.1, -0.05) is 6.92 Å². The van der Waals surface area contributed by atoms with Crippen molar-refractivity contribution in [3.05, 3.63) is 0 Å². The van der Waals surface area contributed by atoms with Crippen LogP contribution in [0, 0.1) is 5.41 Å². The van der Waals surface area contributed by atoms with Crippen molar-refractivity contribution in [1.82, 2.24) is 15.8 Å². The van der Waals surface area contributed by atoms with Gasteiger partial charge in [0, 0.05) is 13.1 Å². The second-order valence-electron chi connectivity index (χ2n) is 4.92. The predicted molar refractivity (Wildman–Crippen MR) is 65.4 cm³/mol. The van der Waals surface area contributed by atoms with E-state index in [1.54, 1.807) is 0 Å². The van der Waals surface area contributed by atoms with E-state index in [1.165, 1.54) is 0 Å². The predicted octanol–water partition coefficient (Wildman–Crippen LogP) is 0.130. The van der Waals surface area contributed by atoms with Crippen LogP contribution in [0.15, 0.2) is 0 Å². The summed E-state index contributed by atoms with van der Waals surface area (Å²) < 4.78 is 5.28. The third-order valence-electron chi connectivity index (χ3n) is 3.99. The summed E-state index contributed by atoms with van der Waals surface area (Å²) in [7, 11) is 0. The average Bonchev–Trinajstić information content (AvgIpc) is 2.40. The van der Waals surface area contributed by atoms with E-state index in [9.17, 15) is 4.79 Å². The molecule has 17 heavy (non-hydrogen) atoms. The van der Waals surface area contributed by atoms with Gasteiger partial charge < -0.3 is 10.1 Å². The van der Waals surface area contributed by atoms with Gasteiger partial charge in [-0.3, -0.25) is 10.2 Å². The number of rotatable bonds is 3. The van der Waals surface area contributed by atoms with E-state index in [0.29, 0.717) is 13.2 Å². The SMILES string of the molecule is CCC1(C(=O)NN2CCOCC2)CCNCC1. The van der Waals surface area contributed by atoms with Gasteiger partial charge in [0.1, 0.15) is 0 Å². The van der Waals surface area contributed by atoms with E-state index < -0.39 is 0 Å². The summed E-state index contributed by atoms with van der Waals surface area (Å²) in [6.07, 6.45) is 2.81. The molecule has 0 aromatic heterocycles. The lowest BCUT2D eigenvalue weighted by molar-refractivity contribution is -0.140. The van der Waals surface area contributed by atoms with Crippen molar-refractivity contribution < 1.29 is 9.53 Å². The van der Waals surface area contributed by atoms with E-state index in [-0.39, 0.29) is 11.3 Å². The van der Waals surface area contributed by atoms with Gasteiger partial charge >= 0.3 is 0 Å². The minimum Gasteiger partial charge on any atom is -0.379 e. The Morgan fingerprint density at radius 3 is 2.59 bits per heavy atom. The largest absolute Gasteiger partial charge is 0.379 e. The number of amides is 1. The van der Waals surface area contributed by atoms with Gasteiger partial charge in [-0.2, -0.15) is 0 Å². The maximum absolute atomic E-state index is 12.4. The first-order valence-electron chi connectivity index (χ1n) is 6.61. The summed E-state index contributed by atoms with van der Waals surface area (Å²) in [4.78, 5) is 12.4. The summed E-state index contributed by atoms with van der Waals surface area (Å²) in [5.41, 5.74) is 2.90. The number of carbonyl (C=O) groups excluding carboxylic acids is 1. The minimum atomic E-state index is -0.163. The lowest BCUT2D eigenvalue weighted by Gasteiger charge is -2.38.